The summed E-state index contributed by atoms with van der Waals surface area (Å²) in [5.41, 5.74) is 0.815. The Bertz CT molecular complexity index is 454. The molecule has 0 aromatic heterocycles. The van der Waals surface area contributed by atoms with E-state index in [0.29, 0.717) is 5.56 Å². The van der Waals surface area contributed by atoms with E-state index in [-0.39, 0.29) is 30.1 Å². The largest absolute Gasteiger partial charge is 0.462 e. The first kappa shape index (κ1) is 14.9. The minimum absolute atomic E-state index is 0.151. The summed E-state index contributed by atoms with van der Waals surface area (Å²) in [6.07, 6.45) is 0. The Morgan fingerprint density at radius 1 is 1.44 bits per heavy atom. The molecule has 0 amide bonds. The molecule has 0 spiro atoms. The summed E-state index contributed by atoms with van der Waals surface area (Å²) in [6.45, 7) is 3.28. The highest BCUT2D eigenvalue weighted by Gasteiger charge is 2.23. The van der Waals surface area contributed by atoms with Gasteiger partial charge in [0.1, 0.15) is 0 Å². The molecule has 0 aliphatic rings. The smallest absolute Gasteiger partial charge is 0.339 e. The van der Waals surface area contributed by atoms with Gasteiger partial charge in [0.05, 0.1) is 23.6 Å². The minimum Gasteiger partial charge on any atom is -0.462 e. The molecule has 0 bridgehead atoms. The van der Waals surface area contributed by atoms with Crippen molar-refractivity contribution < 1.29 is 19.4 Å². The maximum absolute atomic E-state index is 12.0. The van der Waals surface area contributed by atoms with E-state index in [1.54, 1.807) is 32.0 Å². The predicted molar refractivity (Wildman–Crippen MR) is 71.0 cm³/mol. The number of halogens is 1. The Morgan fingerprint density at radius 3 is 2.61 bits per heavy atom. The first-order valence-corrected chi connectivity index (χ1v) is 6.52. The zero-order valence-corrected chi connectivity index (χ0v) is 11.9. The standard InChI is InChI=1S/C13H15BrO4/c1-3-18-13(17)11-9(7-15)5-4-6-10(11)12(16)8(2)14/h4-6,8,15H,3,7H2,1-2H3. The molecule has 0 aliphatic carbocycles. The number of rotatable bonds is 5. The highest BCUT2D eigenvalue weighted by atomic mass is 79.9. The van der Waals surface area contributed by atoms with Gasteiger partial charge in [-0.05, 0) is 19.4 Å². The molecule has 0 aliphatic heterocycles. The number of hydrogen-bond acceptors (Lipinski definition) is 4. The molecule has 1 aromatic carbocycles. The Morgan fingerprint density at radius 2 is 2.11 bits per heavy atom. The van der Waals surface area contributed by atoms with Gasteiger partial charge in [-0.25, -0.2) is 4.79 Å². The molecule has 1 N–H and O–H groups in total. The van der Waals surface area contributed by atoms with E-state index in [1.165, 1.54) is 0 Å². The van der Waals surface area contributed by atoms with Crippen molar-refractivity contribution in [2.45, 2.75) is 25.3 Å². The van der Waals surface area contributed by atoms with Gasteiger partial charge in [0.25, 0.3) is 0 Å². The van der Waals surface area contributed by atoms with Crippen molar-refractivity contribution in [1.82, 2.24) is 0 Å². The molecule has 4 nitrogen and oxygen atoms in total. The quantitative estimate of drug-likeness (QED) is 0.514. The summed E-state index contributed by atoms with van der Waals surface area (Å²) < 4.78 is 4.92. The number of benzene rings is 1. The van der Waals surface area contributed by atoms with Gasteiger partial charge in [0, 0.05) is 5.56 Å². The molecule has 98 valence electrons. The Hall–Kier alpha value is -1.20. The van der Waals surface area contributed by atoms with Crippen LogP contribution < -0.4 is 0 Å². The van der Waals surface area contributed by atoms with E-state index in [0.717, 1.165) is 0 Å². The summed E-state index contributed by atoms with van der Waals surface area (Å²) in [7, 11) is 0. The molecule has 0 radical (unpaired) electrons. The van der Waals surface area contributed by atoms with E-state index < -0.39 is 10.8 Å². The lowest BCUT2D eigenvalue weighted by molar-refractivity contribution is 0.0519. The van der Waals surface area contributed by atoms with Gasteiger partial charge in [-0.3, -0.25) is 4.79 Å². The van der Waals surface area contributed by atoms with E-state index >= 15 is 0 Å². The topological polar surface area (TPSA) is 63.6 Å². The zero-order chi connectivity index (χ0) is 13.7. The number of carbonyl (C=O) groups is 2. The summed E-state index contributed by atoms with van der Waals surface area (Å²) in [4.78, 5) is 23.5. The maximum atomic E-state index is 12.0. The number of Topliss-reactive ketones (excluding diaryl/α,β-unsaturated/α-hetero) is 1. The molecule has 1 rings (SSSR count). The molecule has 5 heteroatoms. The Balaban J connectivity index is 3.33. The predicted octanol–water partition coefficient (Wildman–Crippen LogP) is 2.32. The molecule has 0 saturated heterocycles. The lowest BCUT2D eigenvalue weighted by Crippen LogP contribution is -2.18. The normalized spacial score (nSPS) is 12.0. The summed E-state index contributed by atoms with van der Waals surface area (Å²) in [6, 6.07) is 4.80. The molecule has 1 atom stereocenters. The highest BCUT2D eigenvalue weighted by molar-refractivity contribution is 9.10. The van der Waals surface area contributed by atoms with Crippen LogP contribution in [0.4, 0.5) is 0 Å². The highest BCUT2D eigenvalue weighted by Crippen LogP contribution is 2.20. The van der Waals surface area contributed by atoms with Crippen LogP contribution in [0.5, 0.6) is 0 Å². The fraction of sp³-hybridized carbons (Fsp3) is 0.385. The minimum atomic E-state index is -0.585. The SMILES string of the molecule is CCOC(=O)c1c(CO)cccc1C(=O)C(C)Br. The van der Waals surface area contributed by atoms with E-state index in [9.17, 15) is 14.7 Å². The van der Waals surface area contributed by atoms with Crippen LogP contribution in [0.25, 0.3) is 0 Å². The number of ether oxygens (including phenoxy) is 1. The van der Waals surface area contributed by atoms with Crippen molar-refractivity contribution in [2.24, 2.45) is 0 Å². The van der Waals surface area contributed by atoms with Crippen molar-refractivity contribution in [3.63, 3.8) is 0 Å². The second-order valence-corrected chi connectivity index (χ2v) is 5.07. The third-order valence-electron chi connectivity index (χ3n) is 2.43. The summed E-state index contributed by atoms with van der Waals surface area (Å²) in [5, 5.41) is 9.25. The Kier molecular flexibility index (Phi) is 5.50. The number of ketones is 1. The van der Waals surface area contributed by atoms with Gasteiger partial charge in [-0.2, -0.15) is 0 Å². The number of alkyl halides is 1. The number of aliphatic hydroxyl groups is 1. The molecule has 0 heterocycles. The van der Waals surface area contributed by atoms with Crippen molar-refractivity contribution in [1.29, 1.82) is 0 Å². The second kappa shape index (κ2) is 6.66. The second-order valence-electron chi connectivity index (χ2n) is 3.70. The molecular weight excluding hydrogens is 300 g/mol. The Labute approximate surface area is 114 Å². The van der Waals surface area contributed by atoms with Crippen LogP contribution in [-0.4, -0.2) is 28.3 Å². The van der Waals surface area contributed by atoms with Gasteiger partial charge in [-0.1, -0.05) is 34.1 Å². The summed E-state index contributed by atoms with van der Waals surface area (Å²) >= 11 is 3.18. The number of esters is 1. The third kappa shape index (κ3) is 3.17. The number of hydrogen-bond donors (Lipinski definition) is 1. The van der Waals surface area contributed by atoms with Crippen LogP contribution in [0.15, 0.2) is 18.2 Å². The van der Waals surface area contributed by atoms with Crippen LogP contribution in [0.1, 0.15) is 40.1 Å². The van der Waals surface area contributed by atoms with Gasteiger partial charge < -0.3 is 9.84 Å². The fourth-order valence-corrected chi connectivity index (χ4v) is 1.84. The fourth-order valence-electron chi connectivity index (χ4n) is 1.60. The molecule has 1 aromatic rings. The molecule has 18 heavy (non-hydrogen) atoms. The van der Waals surface area contributed by atoms with Crippen LogP contribution in [-0.2, 0) is 11.3 Å². The molecule has 0 fully saturated rings. The van der Waals surface area contributed by atoms with Crippen molar-refractivity contribution >= 4 is 27.7 Å². The number of aliphatic hydroxyl groups excluding tert-OH is 1. The van der Waals surface area contributed by atoms with Gasteiger partial charge in [0.2, 0.25) is 0 Å². The van der Waals surface area contributed by atoms with Crippen LogP contribution in [0.3, 0.4) is 0 Å². The van der Waals surface area contributed by atoms with E-state index in [4.69, 9.17) is 4.74 Å². The van der Waals surface area contributed by atoms with Crippen molar-refractivity contribution in [2.75, 3.05) is 6.61 Å². The van der Waals surface area contributed by atoms with Crippen LogP contribution in [0.2, 0.25) is 0 Å². The first-order valence-electron chi connectivity index (χ1n) is 5.61. The van der Waals surface area contributed by atoms with Gasteiger partial charge in [0.15, 0.2) is 5.78 Å². The number of carbonyl (C=O) groups excluding carboxylic acids is 2. The van der Waals surface area contributed by atoms with Gasteiger partial charge >= 0.3 is 5.97 Å². The third-order valence-corrected chi connectivity index (χ3v) is 2.84. The lowest BCUT2D eigenvalue weighted by Gasteiger charge is -2.12. The zero-order valence-electron chi connectivity index (χ0n) is 10.3. The van der Waals surface area contributed by atoms with Crippen molar-refractivity contribution in [3.05, 3.63) is 34.9 Å². The summed E-state index contributed by atoms with van der Waals surface area (Å²) in [5.74, 6) is -0.799. The average molecular weight is 315 g/mol. The lowest BCUT2D eigenvalue weighted by atomic mass is 9.97. The van der Waals surface area contributed by atoms with E-state index in [1.807, 2.05) is 0 Å². The maximum Gasteiger partial charge on any atom is 0.339 e. The monoisotopic (exact) mass is 314 g/mol. The van der Waals surface area contributed by atoms with Crippen molar-refractivity contribution in [3.8, 4) is 0 Å². The van der Waals surface area contributed by atoms with E-state index in [2.05, 4.69) is 15.9 Å². The first-order chi connectivity index (χ1) is 8.52. The molecule has 1 unspecified atom stereocenters. The molecule has 0 saturated carbocycles. The van der Waals surface area contributed by atoms with Gasteiger partial charge in [-0.15, -0.1) is 0 Å². The molecular formula is C13H15BrO4. The van der Waals surface area contributed by atoms with Crippen LogP contribution >= 0.6 is 15.9 Å². The average Bonchev–Trinajstić information content (AvgIpc) is 2.36. The van der Waals surface area contributed by atoms with Crippen LogP contribution in [0, 0.1) is 0 Å².